The van der Waals surface area contributed by atoms with E-state index < -0.39 is 11.7 Å². The van der Waals surface area contributed by atoms with Gasteiger partial charge in [0.1, 0.15) is 6.54 Å². The van der Waals surface area contributed by atoms with E-state index in [-0.39, 0.29) is 23.8 Å². The summed E-state index contributed by atoms with van der Waals surface area (Å²) >= 11 is 1.73. The van der Waals surface area contributed by atoms with Gasteiger partial charge in [-0.05, 0) is 35.9 Å². The quantitative estimate of drug-likeness (QED) is 0.617. The second-order valence-corrected chi connectivity index (χ2v) is 8.43. The summed E-state index contributed by atoms with van der Waals surface area (Å²) in [5.41, 5.74) is 0.240. The van der Waals surface area contributed by atoms with Crippen LogP contribution in [-0.4, -0.2) is 37.9 Å². The van der Waals surface area contributed by atoms with E-state index in [4.69, 9.17) is 0 Å². The number of benzene rings is 2. The number of anilines is 1. The number of carbonyl (C=O) groups excluding carboxylic acids is 1. The Morgan fingerprint density at radius 1 is 1.20 bits per heavy atom. The number of rotatable bonds is 3. The number of alkyl halides is 3. The highest BCUT2D eigenvalue weighted by Crippen LogP contribution is 2.37. The summed E-state index contributed by atoms with van der Waals surface area (Å²) in [6.07, 6.45) is -3.62. The zero-order chi connectivity index (χ0) is 21.3. The number of thioether (sulfide) groups is 1. The summed E-state index contributed by atoms with van der Waals surface area (Å²) in [5.74, 6) is -0.167. The van der Waals surface area contributed by atoms with Gasteiger partial charge < -0.3 is 4.90 Å². The maximum atomic E-state index is 13.0. The molecule has 4 rings (SSSR count). The Bertz CT molecular complexity index is 1070. The van der Waals surface area contributed by atoms with Crippen LogP contribution in [-0.2, 0) is 17.5 Å². The van der Waals surface area contributed by atoms with Crippen molar-refractivity contribution in [1.82, 2.24) is 20.2 Å². The van der Waals surface area contributed by atoms with Crippen molar-refractivity contribution in [1.29, 1.82) is 0 Å². The van der Waals surface area contributed by atoms with Crippen LogP contribution in [0.5, 0.6) is 0 Å². The average Bonchev–Trinajstić information content (AvgIpc) is 3.10. The summed E-state index contributed by atoms with van der Waals surface area (Å²) in [6, 6.07) is 12.4. The Labute approximate surface area is 175 Å². The van der Waals surface area contributed by atoms with Gasteiger partial charge in [-0.15, -0.1) is 22.0 Å². The second kappa shape index (κ2) is 8.10. The van der Waals surface area contributed by atoms with Crippen LogP contribution in [0, 0.1) is 0 Å². The van der Waals surface area contributed by atoms with Gasteiger partial charge in [0, 0.05) is 22.3 Å². The monoisotopic (exact) mass is 433 g/mol. The van der Waals surface area contributed by atoms with Crippen molar-refractivity contribution >= 4 is 23.4 Å². The van der Waals surface area contributed by atoms with Gasteiger partial charge in [-0.3, -0.25) is 4.79 Å². The molecule has 3 aromatic rings. The number of hydrogen-bond acceptors (Lipinski definition) is 5. The number of amides is 1. The van der Waals surface area contributed by atoms with Crippen molar-refractivity contribution in [3.05, 3.63) is 54.1 Å². The van der Waals surface area contributed by atoms with E-state index in [2.05, 4.69) is 22.3 Å². The Hall–Kier alpha value is -2.88. The van der Waals surface area contributed by atoms with Crippen molar-refractivity contribution in [3.63, 3.8) is 0 Å². The van der Waals surface area contributed by atoms with Gasteiger partial charge in [0.25, 0.3) is 5.91 Å². The lowest BCUT2D eigenvalue weighted by Gasteiger charge is -2.22. The van der Waals surface area contributed by atoms with Crippen LogP contribution in [0.25, 0.3) is 11.4 Å². The van der Waals surface area contributed by atoms with Gasteiger partial charge in [0.05, 0.1) is 11.3 Å². The maximum absolute atomic E-state index is 13.0. The highest BCUT2D eigenvalue weighted by molar-refractivity contribution is 8.00. The van der Waals surface area contributed by atoms with Crippen molar-refractivity contribution in [2.45, 2.75) is 36.2 Å². The first-order chi connectivity index (χ1) is 14.3. The zero-order valence-corrected chi connectivity index (χ0v) is 16.8. The molecule has 0 saturated heterocycles. The van der Waals surface area contributed by atoms with E-state index in [1.54, 1.807) is 16.7 Å². The minimum atomic E-state index is -4.46. The van der Waals surface area contributed by atoms with Crippen LogP contribution in [0.15, 0.2) is 53.4 Å². The highest BCUT2D eigenvalue weighted by Gasteiger charge is 2.31. The molecule has 0 bridgehead atoms. The van der Waals surface area contributed by atoms with E-state index in [0.717, 1.165) is 33.9 Å². The lowest BCUT2D eigenvalue weighted by Crippen LogP contribution is -2.35. The van der Waals surface area contributed by atoms with Crippen molar-refractivity contribution in [2.75, 3.05) is 11.4 Å². The topological polar surface area (TPSA) is 63.9 Å². The van der Waals surface area contributed by atoms with E-state index >= 15 is 0 Å². The molecule has 1 atom stereocenters. The predicted molar refractivity (Wildman–Crippen MR) is 107 cm³/mol. The van der Waals surface area contributed by atoms with Gasteiger partial charge in [0.15, 0.2) is 0 Å². The van der Waals surface area contributed by atoms with Gasteiger partial charge >= 0.3 is 6.18 Å². The minimum absolute atomic E-state index is 0.0364. The van der Waals surface area contributed by atoms with E-state index in [9.17, 15) is 18.0 Å². The molecule has 1 aliphatic heterocycles. The summed E-state index contributed by atoms with van der Waals surface area (Å²) in [5, 5.41) is 12.2. The molecule has 2 aromatic carbocycles. The Balaban J connectivity index is 1.54. The third kappa shape index (κ3) is 4.33. The first-order valence-electron chi connectivity index (χ1n) is 9.33. The highest BCUT2D eigenvalue weighted by atomic mass is 32.2. The molecule has 1 aliphatic rings. The van der Waals surface area contributed by atoms with E-state index in [1.165, 1.54) is 12.1 Å². The molecule has 1 amide bonds. The number of nitrogens with zero attached hydrogens (tertiary/aromatic N) is 5. The van der Waals surface area contributed by atoms with Crippen LogP contribution in [0.3, 0.4) is 0 Å². The largest absolute Gasteiger partial charge is 0.416 e. The molecule has 0 aliphatic carbocycles. The third-order valence-corrected chi connectivity index (χ3v) is 5.96. The molecule has 0 spiro atoms. The summed E-state index contributed by atoms with van der Waals surface area (Å²) in [6.45, 7) is 2.54. The number of tetrazole rings is 1. The second-order valence-electron chi connectivity index (χ2n) is 6.95. The molecule has 30 heavy (non-hydrogen) atoms. The fourth-order valence-corrected chi connectivity index (χ4v) is 4.33. The summed E-state index contributed by atoms with van der Waals surface area (Å²) in [4.78, 5) is 16.8. The standard InChI is InChI=1S/C20H18F3N5OS/c1-13-9-10-27(16-7-2-3-8-17(16)30-13)18(29)12-28-25-19(24-26-28)14-5-4-6-15(11-14)20(21,22)23/h2-8,11,13H,9-10,12H2,1H3. The first-order valence-corrected chi connectivity index (χ1v) is 10.2. The summed E-state index contributed by atoms with van der Waals surface area (Å²) < 4.78 is 38.8. The molecule has 156 valence electrons. The third-order valence-electron chi connectivity index (χ3n) is 4.72. The first kappa shape index (κ1) is 20.4. The van der Waals surface area contributed by atoms with E-state index in [1.807, 2.05) is 24.3 Å². The normalized spacial score (nSPS) is 16.8. The number of para-hydroxylation sites is 1. The molecular formula is C20H18F3N5OS. The predicted octanol–water partition coefficient (Wildman–Crippen LogP) is 4.28. The van der Waals surface area contributed by atoms with Crippen LogP contribution in [0.1, 0.15) is 18.9 Å². The molecule has 0 fully saturated rings. The molecule has 10 heteroatoms. The van der Waals surface area contributed by atoms with Crippen LogP contribution < -0.4 is 4.90 Å². The zero-order valence-electron chi connectivity index (χ0n) is 16.0. The van der Waals surface area contributed by atoms with Crippen molar-refractivity contribution in [3.8, 4) is 11.4 Å². The molecule has 6 nitrogen and oxygen atoms in total. The van der Waals surface area contributed by atoms with Crippen molar-refractivity contribution < 1.29 is 18.0 Å². The Morgan fingerprint density at radius 2 is 2.00 bits per heavy atom. The van der Waals surface area contributed by atoms with Crippen LogP contribution in [0.2, 0.25) is 0 Å². The fraction of sp³-hybridized carbons (Fsp3) is 0.300. The van der Waals surface area contributed by atoms with Gasteiger partial charge in [-0.2, -0.15) is 18.0 Å². The molecule has 1 unspecified atom stereocenters. The fourth-order valence-electron chi connectivity index (χ4n) is 3.21. The lowest BCUT2D eigenvalue weighted by molar-refractivity contribution is -0.137. The van der Waals surface area contributed by atoms with Crippen LogP contribution in [0.4, 0.5) is 18.9 Å². The number of fused-ring (bicyclic) bond motifs is 1. The number of hydrogen-bond donors (Lipinski definition) is 0. The molecule has 1 aromatic heterocycles. The minimum Gasteiger partial charge on any atom is -0.310 e. The smallest absolute Gasteiger partial charge is 0.310 e. The molecule has 0 N–H and O–H groups in total. The number of aromatic nitrogens is 4. The SMILES string of the molecule is CC1CCN(C(=O)Cn2nnc(-c3cccc(C(F)(F)F)c3)n2)c2ccccc2S1. The molecular weight excluding hydrogens is 415 g/mol. The maximum Gasteiger partial charge on any atom is 0.416 e. The Morgan fingerprint density at radius 3 is 2.80 bits per heavy atom. The number of carbonyl (C=O) groups is 1. The van der Waals surface area contributed by atoms with Crippen molar-refractivity contribution in [2.24, 2.45) is 0 Å². The van der Waals surface area contributed by atoms with Gasteiger partial charge in [0.2, 0.25) is 5.82 Å². The average molecular weight is 433 g/mol. The number of halogens is 3. The Kier molecular flexibility index (Phi) is 5.50. The van der Waals surface area contributed by atoms with E-state index in [0.29, 0.717) is 11.8 Å². The van der Waals surface area contributed by atoms with Gasteiger partial charge in [-0.25, -0.2) is 0 Å². The molecule has 2 heterocycles. The molecule has 0 saturated carbocycles. The molecule has 0 radical (unpaired) electrons. The lowest BCUT2D eigenvalue weighted by atomic mass is 10.1. The van der Waals surface area contributed by atoms with Gasteiger partial charge in [-0.1, -0.05) is 31.2 Å². The summed E-state index contributed by atoms with van der Waals surface area (Å²) in [7, 11) is 0. The van der Waals surface area contributed by atoms with Crippen LogP contribution >= 0.6 is 11.8 Å².